The molecule has 0 amide bonds. The molecule has 7 nitrogen and oxygen atoms in total. The third-order valence-corrected chi connectivity index (χ3v) is 2.21. The molecule has 2 rings (SSSR count). The second kappa shape index (κ2) is 5.05. The summed E-state index contributed by atoms with van der Waals surface area (Å²) in [5, 5.41) is 16.1. The lowest BCUT2D eigenvalue weighted by Crippen LogP contribution is -2.28. The Balaban J connectivity index is 2.30. The van der Waals surface area contributed by atoms with Gasteiger partial charge in [-0.25, -0.2) is 0 Å². The Kier molecular flexibility index (Phi) is 3.29. The van der Waals surface area contributed by atoms with Crippen LogP contribution in [-0.4, -0.2) is 27.6 Å². The number of nitrogens with zero attached hydrogens (tertiary/aromatic N) is 4. The molecule has 0 radical (unpaired) electrons. The highest BCUT2D eigenvalue weighted by atomic mass is 16.5. The SMILES string of the molecule is N#CCOC(=O)Cn1nnc2ccccc2c1=O. The molecule has 90 valence electrons. The number of benzene rings is 1. The average Bonchev–Trinajstić information content (AvgIpc) is 2.40. The first-order chi connectivity index (χ1) is 8.72. The lowest BCUT2D eigenvalue weighted by Gasteiger charge is -2.03. The summed E-state index contributed by atoms with van der Waals surface area (Å²) in [6, 6.07) is 8.35. The third kappa shape index (κ3) is 2.32. The van der Waals surface area contributed by atoms with Crippen molar-refractivity contribution in [2.75, 3.05) is 6.61 Å². The van der Waals surface area contributed by atoms with Crippen LogP contribution in [0.3, 0.4) is 0 Å². The second-order valence-corrected chi connectivity index (χ2v) is 3.39. The predicted octanol–water partition coefficient (Wildman–Crippen LogP) is -0.142. The second-order valence-electron chi connectivity index (χ2n) is 3.39. The van der Waals surface area contributed by atoms with E-state index in [1.165, 1.54) is 0 Å². The van der Waals surface area contributed by atoms with Gasteiger partial charge in [-0.1, -0.05) is 17.3 Å². The fraction of sp³-hybridized carbons (Fsp3) is 0.182. The molecule has 0 bridgehead atoms. The number of carbonyl (C=O) groups is 1. The fourth-order valence-corrected chi connectivity index (χ4v) is 1.41. The minimum Gasteiger partial charge on any atom is -0.449 e. The minimum absolute atomic E-state index is 0.353. The van der Waals surface area contributed by atoms with Gasteiger partial charge in [-0.3, -0.25) is 9.59 Å². The number of esters is 1. The van der Waals surface area contributed by atoms with Crippen LogP contribution in [0.5, 0.6) is 0 Å². The topological polar surface area (TPSA) is 97.9 Å². The predicted molar refractivity (Wildman–Crippen MR) is 60.4 cm³/mol. The van der Waals surface area contributed by atoms with Crippen LogP contribution in [0.2, 0.25) is 0 Å². The summed E-state index contributed by atoms with van der Waals surface area (Å²) in [4.78, 5) is 23.2. The molecule has 0 fully saturated rings. The molecule has 0 atom stereocenters. The normalized spacial score (nSPS) is 9.94. The molecule has 0 N–H and O–H groups in total. The van der Waals surface area contributed by atoms with E-state index in [1.54, 1.807) is 30.3 Å². The van der Waals surface area contributed by atoms with Gasteiger partial charge in [0.05, 0.1) is 5.39 Å². The third-order valence-electron chi connectivity index (χ3n) is 2.21. The van der Waals surface area contributed by atoms with Gasteiger partial charge in [-0.15, -0.1) is 5.10 Å². The van der Waals surface area contributed by atoms with Crippen LogP contribution >= 0.6 is 0 Å². The molecule has 18 heavy (non-hydrogen) atoms. The lowest BCUT2D eigenvalue weighted by molar-refractivity contribution is -0.143. The molecule has 0 unspecified atom stereocenters. The number of aromatic nitrogens is 3. The lowest BCUT2D eigenvalue weighted by atomic mass is 10.2. The van der Waals surface area contributed by atoms with Gasteiger partial charge in [-0.2, -0.15) is 9.94 Å². The Bertz CT molecular complexity index is 686. The maximum Gasteiger partial charge on any atom is 0.329 e. The van der Waals surface area contributed by atoms with E-state index in [4.69, 9.17) is 5.26 Å². The molecule has 0 spiro atoms. The van der Waals surface area contributed by atoms with E-state index in [1.807, 2.05) is 0 Å². The molecule has 0 aliphatic heterocycles. The summed E-state index contributed by atoms with van der Waals surface area (Å²) in [5.74, 6) is -0.705. The van der Waals surface area contributed by atoms with E-state index in [0.29, 0.717) is 10.9 Å². The highest BCUT2D eigenvalue weighted by molar-refractivity contribution is 5.77. The smallest absolute Gasteiger partial charge is 0.329 e. The number of fused-ring (bicyclic) bond motifs is 1. The van der Waals surface area contributed by atoms with E-state index >= 15 is 0 Å². The average molecular weight is 244 g/mol. The van der Waals surface area contributed by atoms with Gasteiger partial charge in [0.25, 0.3) is 5.56 Å². The first-order valence-corrected chi connectivity index (χ1v) is 5.07. The van der Waals surface area contributed by atoms with Crippen molar-refractivity contribution in [1.82, 2.24) is 15.0 Å². The maximum atomic E-state index is 11.9. The van der Waals surface area contributed by atoms with Gasteiger partial charge >= 0.3 is 5.97 Å². The van der Waals surface area contributed by atoms with Crippen LogP contribution in [0, 0.1) is 11.3 Å². The van der Waals surface area contributed by atoms with E-state index in [0.717, 1.165) is 4.68 Å². The van der Waals surface area contributed by atoms with Crippen molar-refractivity contribution < 1.29 is 9.53 Å². The summed E-state index contributed by atoms with van der Waals surface area (Å²) < 4.78 is 5.44. The van der Waals surface area contributed by atoms with Gasteiger partial charge in [0, 0.05) is 0 Å². The molecule has 0 saturated heterocycles. The highest BCUT2D eigenvalue weighted by Crippen LogP contribution is 2.03. The van der Waals surface area contributed by atoms with Crippen LogP contribution in [0.15, 0.2) is 29.1 Å². The van der Waals surface area contributed by atoms with E-state index in [-0.39, 0.29) is 13.2 Å². The number of rotatable bonds is 3. The molecule has 1 aromatic carbocycles. The number of ether oxygens (including phenoxy) is 1. The van der Waals surface area contributed by atoms with E-state index < -0.39 is 11.5 Å². The molecule has 1 heterocycles. The molecule has 0 aliphatic rings. The van der Waals surface area contributed by atoms with Gasteiger partial charge in [0.1, 0.15) is 18.1 Å². The number of nitriles is 1. The standard InChI is InChI=1S/C11H8N4O3/c12-5-6-18-10(16)7-15-11(17)8-3-1-2-4-9(8)13-14-15/h1-4H,6-7H2. The summed E-state index contributed by atoms with van der Waals surface area (Å²) in [6.07, 6.45) is 0. The Morgan fingerprint density at radius 1 is 1.44 bits per heavy atom. The zero-order chi connectivity index (χ0) is 13.0. The van der Waals surface area contributed by atoms with E-state index in [2.05, 4.69) is 15.0 Å². The Morgan fingerprint density at radius 2 is 2.22 bits per heavy atom. The van der Waals surface area contributed by atoms with Crippen LogP contribution < -0.4 is 5.56 Å². The molecule has 0 saturated carbocycles. The highest BCUT2D eigenvalue weighted by Gasteiger charge is 2.09. The Labute approximate surface area is 101 Å². The molecular weight excluding hydrogens is 236 g/mol. The summed E-state index contributed by atoms with van der Waals surface area (Å²) in [5.41, 5.74) is 0.0404. The number of carbonyl (C=O) groups excluding carboxylic acids is 1. The quantitative estimate of drug-likeness (QED) is 0.697. The first kappa shape index (κ1) is 11.7. The van der Waals surface area contributed by atoms with Crippen molar-refractivity contribution in [2.24, 2.45) is 0 Å². The zero-order valence-corrected chi connectivity index (χ0v) is 9.24. The Hall–Kier alpha value is -2.75. The largest absolute Gasteiger partial charge is 0.449 e. The van der Waals surface area contributed by atoms with Crippen LogP contribution in [-0.2, 0) is 16.1 Å². The molecule has 2 aromatic rings. The zero-order valence-electron chi connectivity index (χ0n) is 9.24. The van der Waals surface area contributed by atoms with Gasteiger partial charge in [0.15, 0.2) is 6.61 Å². The van der Waals surface area contributed by atoms with E-state index in [9.17, 15) is 9.59 Å². The first-order valence-electron chi connectivity index (χ1n) is 5.07. The maximum absolute atomic E-state index is 11.9. The van der Waals surface area contributed by atoms with Crippen molar-refractivity contribution in [3.8, 4) is 6.07 Å². The number of hydrogen-bond acceptors (Lipinski definition) is 6. The van der Waals surface area contributed by atoms with Crippen molar-refractivity contribution in [1.29, 1.82) is 5.26 Å². The number of hydrogen-bond donors (Lipinski definition) is 0. The van der Waals surface area contributed by atoms with Gasteiger partial charge in [0.2, 0.25) is 0 Å². The minimum atomic E-state index is -0.705. The summed E-state index contributed by atoms with van der Waals surface area (Å²) in [7, 11) is 0. The van der Waals surface area contributed by atoms with Crippen molar-refractivity contribution in [3.63, 3.8) is 0 Å². The monoisotopic (exact) mass is 244 g/mol. The summed E-state index contributed by atoms with van der Waals surface area (Å²) >= 11 is 0. The van der Waals surface area contributed by atoms with Crippen molar-refractivity contribution in [2.45, 2.75) is 6.54 Å². The van der Waals surface area contributed by atoms with Gasteiger partial charge in [-0.05, 0) is 12.1 Å². The van der Waals surface area contributed by atoms with Crippen LogP contribution in [0.1, 0.15) is 0 Å². The fourth-order valence-electron chi connectivity index (χ4n) is 1.41. The molecule has 1 aromatic heterocycles. The van der Waals surface area contributed by atoms with Crippen LogP contribution in [0.25, 0.3) is 10.9 Å². The van der Waals surface area contributed by atoms with Gasteiger partial charge < -0.3 is 4.74 Å². The van der Waals surface area contributed by atoms with Crippen molar-refractivity contribution >= 4 is 16.9 Å². The van der Waals surface area contributed by atoms with Crippen molar-refractivity contribution in [3.05, 3.63) is 34.6 Å². The summed E-state index contributed by atoms with van der Waals surface area (Å²) in [6.45, 7) is -0.715. The molecule has 0 aliphatic carbocycles. The Morgan fingerprint density at radius 3 is 3.00 bits per heavy atom. The van der Waals surface area contributed by atoms with Crippen LogP contribution in [0.4, 0.5) is 0 Å². The molecule has 7 heteroatoms. The molecular formula is C11H8N4O3.